The Morgan fingerprint density at radius 2 is 2.00 bits per heavy atom. The van der Waals surface area contributed by atoms with E-state index < -0.39 is 0 Å². The topological polar surface area (TPSA) is 33.2 Å². The van der Waals surface area contributed by atoms with Crippen molar-refractivity contribution in [3.05, 3.63) is 64.9 Å². The second-order valence-corrected chi connectivity index (χ2v) is 4.47. The Kier molecular flexibility index (Phi) is 3.95. The largest absolute Gasteiger partial charge is 0.337 e. The minimum Gasteiger partial charge on any atom is -0.337 e. The molecule has 2 rings (SSSR count). The van der Waals surface area contributed by atoms with Crippen molar-refractivity contribution in [3.63, 3.8) is 0 Å². The Bertz CT molecular complexity index is 525. The van der Waals surface area contributed by atoms with Gasteiger partial charge in [-0.3, -0.25) is 9.78 Å². The molecule has 0 radical (unpaired) electrons. The first-order valence-electron chi connectivity index (χ1n) is 5.57. The fraction of sp³-hybridized carbons (Fsp3) is 0.143. The number of benzene rings is 1. The minimum absolute atomic E-state index is 0.0435. The molecular formula is C14H13ClN2O. The van der Waals surface area contributed by atoms with Crippen molar-refractivity contribution in [1.82, 2.24) is 9.88 Å². The maximum Gasteiger partial charge on any atom is 0.255 e. The van der Waals surface area contributed by atoms with Crippen LogP contribution in [0.5, 0.6) is 0 Å². The van der Waals surface area contributed by atoms with Gasteiger partial charge in [0.25, 0.3) is 5.91 Å². The van der Waals surface area contributed by atoms with E-state index in [1.165, 1.54) is 0 Å². The van der Waals surface area contributed by atoms with Crippen LogP contribution in [0.15, 0.2) is 48.8 Å². The highest BCUT2D eigenvalue weighted by molar-refractivity contribution is 6.30. The van der Waals surface area contributed by atoms with E-state index in [0.29, 0.717) is 17.1 Å². The predicted octanol–water partition coefficient (Wildman–Crippen LogP) is 3.01. The summed E-state index contributed by atoms with van der Waals surface area (Å²) in [6.45, 7) is 0.547. The molecule has 0 unspecified atom stereocenters. The van der Waals surface area contributed by atoms with Gasteiger partial charge >= 0.3 is 0 Å². The molecule has 0 aliphatic rings. The molecule has 1 aromatic heterocycles. The molecule has 0 saturated heterocycles. The van der Waals surface area contributed by atoms with E-state index in [0.717, 1.165) is 5.56 Å². The molecular weight excluding hydrogens is 248 g/mol. The van der Waals surface area contributed by atoms with Crippen LogP contribution in [0.4, 0.5) is 0 Å². The molecule has 4 heteroatoms. The highest BCUT2D eigenvalue weighted by Gasteiger charge is 2.11. The number of carbonyl (C=O) groups excluding carboxylic acids is 1. The Labute approximate surface area is 111 Å². The molecule has 0 saturated carbocycles. The summed E-state index contributed by atoms with van der Waals surface area (Å²) < 4.78 is 0. The first-order chi connectivity index (χ1) is 8.66. The number of aromatic nitrogens is 1. The van der Waals surface area contributed by atoms with Gasteiger partial charge in [-0.1, -0.05) is 23.7 Å². The summed E-state index contributed by atoms with van der Waals surface area (Å²) in [5.41, 5.74) is 1.63. The normalized spacial score (nSPS) is 10.1. The molecule has 18 heavy (non-hydrogen) atoms. The average molecular weight is 261 g/mol. The van der Waals surface area contributed by atoms with Crippen molar-refractivity contribution in [3.8, 4) is 0 Å². The zero-order valence-electron chi connectivity index (χ0n) is 10.0. The van der Waals surface area contributed by atoms with Gasteiger partial charge in [0.2, 0.25) is 0 Å². The molecule has 1 amide bonds. The van der Waals surface area contributed by atoms with E-state index in [2.05, 4.69) is 4.98 Å². The second kappa shape index (κ2) is 5.65. The van der Waals surface area contributed by atoms with E-state index in [1.807, 2.05) is 24.3 Å². The number of amides is 1. The summed E-state index contributed by atoms with van der Waals surface area (Å²) >= 11 is 5.82. The van der Waals surface area contributed by atoms with Gasteiger partial charge in [-0.15, -0.1) is 0 Å². The maximum absolute atomic E-state index is 12.1. The molecule has 0 aliphatic heterocycles. The first-order valence-corrected chi connectivity index (χ1v) is 5.94. The summed E-state index contributed by atoms with van der Waals surface area (Å²) in [6.07, 6.45) is 3.22. The summed E-state index contributed by atoms with van der Waals surface area (Å²) in [5.74, 6) is -0.0435. The molecule has 0 spiro atoms. The average Bonchev–Trinajstić information content (AvgIpc) is 2.41. The third-order valence-corrected chi connectivity index (χ3v) is 2.84. The summed E-state index contributed by atoms with van der Waals surface area (Å²) in [7, 11) is 1.77. The van der Waals surface area contributed by atoms with Crippen molar-refractivity contribution in [1.29, 1.82) is 0 Å². The van der Waals surface area contributed by atoms with Gasteiger partial charge in [0, 0.05) is 31.0 Å². The van der Waals surface area contributed by atoms with Crippen LogP contribution in [-0.4, -0.2) is 22.8 Å². The Morgan fingerprint density at radius 1 is 1.28 bits per heavy atom. The fourth-order valence-electron chi connectivity index (χ4n) is 1.65. The fourth-order valence-corrected chi connectivity index (χ4v) is 1.77. The number of rotatable bonds is 3. The van der Waals surface area contributed by atoms with Crippen molar-refractivity contribution in [2.45, 2.75) is 6.54 Å². The second-order valence-electron chi connectivity index (χ2n) is 4.03. The van der Waals surface area contributed by atoms with Crippen molar-refractivity contribution >= 4 is 17.5 Å². The van der Waals surface area contributed by atoms with Gasteiger partial charge in [0.15, 0.2) is 0 Å². The highest BCUT2D eigenvalue weighted by Crippen LogP contribution is 2.12. The van der Waals surface area contributed by atoms with E-state index in [4.69, 9.17) is 11.6 Å². The molecule has 0 N–H and O–H groups in total. The third-order valence-electron chi connectivity index (χ3n) is 2.59. The van der Waals surface area contributed by atoms with E-state index >= 15 is 0 Å². The first kappa shape index (κ1) is 12.6. The number of halogens is 1. The molecule has 0 aliphatic carbocycles. The monoisotopic (exact) mass is 260 g/mol. The SMILES string of the molecule is CN(Cc1ccc(Cl)cc1)C(=O)c1cccnc1. The highest BCUT2D eigenvalue weighted by atomic mass is 35.5. The number of nitrogens with zero attached hydrogens (tertiary/aromatic N) is 2. The molecule has 0 atom stereocenters. The summed E-state index contributed by atoms with van der Waals surface area (Å²) in [4.78, 5) is 17.7. The van der Waals surface area contributed by atoms with Gasteiger partial charge in [-0.25, -0.2) is 0 Å². The van der Waals surface area contributed by atoms with Crippen LogP contribution >= 0.6 is 11.6 Å². The van der Waals surface area contributed by atoms with Crippen molar-refractivity contribution < 1.29 is 4.79 Å². The molecule has 2 aromatic rings. The number of carbonyl (C=O) groups is 1. The number of hydrogen-bond donors (Lipinski definition) is 0. The smallest absolute Gasteiger partial charge is 0.255 e. The maximum atomic E-state index is 12.1. The standard InChI is InChI=1S/C14H13ClN2O/c1-17(10-11-4-6-13(15)7-5-11)14(18)12-3-2-8-16-9-12/h2-9H,10H2,1H3. The van der Waals surface area contributed by atoms with Gasteiger partial charge in [-0.05, 0) is 29.8 Å². The van der Waals surface area contributed by atoms with Gasteiger partial charge < -0.3 is 4.90 Å². The number of pyridine rings is 1. The lowest BCUT2D eigenvalue weighted by atomic mass is 10.2. The molecule has 1 heterocycles. The Hall–Kier alpha value is -1.87. The van der Waals surface area contributed by atoms with Gasteiger partial charge in [0.1, 0.15) is 0 Å². The van der Waals surface area contributed by atoms with Crippen LogP contribution in [0.25, 0.3) is 0 Å². The zero-order chi connectivity index (χ0) is 13.0. The lowest BCUT2D eigenvalue weighted by Crippen LogP contribution is -2.26. The van der Waals surface area contributed by atoms with Crippen LogP contribution in [0, 0.1) is 0 Å². The zero-order valence-corrected chi connectivity index (χ0v) is 10.8. The van der Waals surface area contributed by atoms with Crippen LogP contribution in [0.3, 0.4) is 0 Å². The Morgan fingerprint density at radius 3 is 2.61 bits per heavy atom. The predicted molar refractivity (Wildman–Crippen MR) is 71.5 cm³/mol. The van der Waals surface area contributed by atoms with Crippen LogP contribution in [0.1, 0.15) is 15.9 Å². The summed E-state index contributed by atoms with van der Waals surface area (Å²) in [6, 6.07) is 11.0. The van der Waals surface area contributed by atoms with Crippen LogP contribution in [-0.2, 0) is 6.54 Å². The summed E-state index contributed by atoms with van der Waals surface area (Å²) in [5, 5.41) is 0.694. The van der Waals surface area contributed by atoms with E-state index in [1.54, 1.807) is 36.5 Å². The lowest BCUT2D eigenvalue weighted by Gasteiger charge is -2.17. The number of hydrogen-bond acceptors (Lipinski definition) is 2. The lowest BCUT2D eigenvalue weighted by molar-refractivity contribution is 0.0784. The van der Waals surface area contributed by atoms with Gasteiger partial charge in [0.05, 0.1) is 5.56 Å². The van der Waals surface area contributed by atoms with Crippen molar-refractivity contribution in [2.24, 2.45) is 0 Å². The molecule has 0 fully saturated rings. The van der Waals surface area contributed by atoms with E-state index in [9.17, 15) is 4.79 Å². The quantitative estimate of drug-likeness (QED) is 0.850. The van der Waals surface area contributed by atoms with Crippen molar-refractivity contribution in [2.75, 3.05) is 7.05 Å². The van der Waals surface area contributed by atoms with Crippen LogP contribution in [0.2, 0.25) is 5.02 Å². The van der Waals surface area contributed by atoms with E-state index in [-0.39, 0.29) is 5.91 Å². The Balaban J connectivity index is 2.06. The molecule has 0 bridgehead atoms. The van der Waals surface area contributed by atoms with Crippen LogP contribution < -0.4 is 0 Å². The molecule has 92 valence electrons. The third kappa shape index (κ3) is 3.08. The molecule has 3 nitrogen and oxygen atoms in total. The van der Waals surface area contributed by atoms with Gasteiger partial charge in [-0.2, -0.15) is 0 Å². The minimum atomic E-state index is -0.0435. The molecule has 1 aromatic carbocycles.